The van der Waals surface area contributed by atoms with Crippen molar-refractivity contribution >= 4 is 29.0 Å². The molecule has 7 heteroatoms. The molecule has 0 atom stereocenters. The van der Waals surface area contributed by atoms with Crippen molar-refractivity contribution in [2.24, 2.45) is 0 Å². The van der Waals surface area contributed by atoms with Crippen LogP contribution < -0.4 is 15.0 Å². The van der Waals surface area contributed by atoms with Gasteiger partial charge < -0.3 is 19.9 Å². The standard InChI is InChI=1S/C21H23N3O4/c1-15(25)16-4-3-5-17(14-16)22-20(26)21(27)24-12-10-23(11-13-24)18-6-8-19(28-2)9-7-18/h3-9,14H,10-13H2,1-2H3,(H,22,26). The summed E-state index contributed by atoms with van der Waals surface area (Å²) in [6.45, 7) is 3.67. The number of nitrogens with zero attached hydrogens (tertiary/aromatic N) is 2. The Balaban J connectivity index is 1.56. The Kier molecular flexibility index (Phi) is 5.93. The summed E-state index contributed by atoms with van der Waals surface area (Å²) in [6, 6.07) is 14.3. The fraction of sp³-hybridized carbons (Fsp3) is 0.286. The molecule has 2 amide bonds. The van der Waals surface area contributed by atoms with Crippen molar-refractivity contribution in [3.63, 3.8) is 0 Å². The summed E-state index contributed by atoms with van der Waals surface area (Å²) in [5.74, 6) is -0.568. The van der Waals surface area contributed by atoms with E-state index in [0.29, 0.717) is 37.4 Å². The summed E-state index contributed by atoms with van der Waals surface area (Å²) in [4.78, 5) is 39.9. The smallest absolute Gasteiger partial charge is 0.313 e. The Morgan fingerprint density at radius 3 is 2.25 bits per heavy atom. The van der Waals surface area contributed by atoms with Gasteiger partial charge in [0.15, 0.2) is 5.78 Å². The molecule has 0 saturated carbocycles. The van der Waals surface area contributed by atoms with Crippen molar-refractivity contribution in [3.8, 4) is 5.75 Å². The second-order valence-electron chi connectivity index (χ2n) is 6.57. The van der Waals surface area contributed by atoms with E-state index >= 15 is 0 Å². The SMILES string of the molecule is COc1ccc(N2CCN(C(=O)C(=O)Nc3cccc(C(C)=O)c3)CC2)cc1. The molecule has 146 valence electrons. The van der Waals surface area contributed by atoms with Gasteiger partial charge in [-0.3, -0.25) is 14.4 Å². The first kappa shape index (κ1) is 19.4. The van der Waals surface area contributed by atoms with E-state index in [4.69, 9.17) is 4.74 Å². The Bertz CT molecular complexity index is 871. The molecular weight excluding hydrogens is 358 g/mol. The fourth-order valence-corrected chi connectivity index (χ4v) is 3.10. The number of piperazine rings is 1. The zero-order valence-electron chi connectivity index (χ0n) is 16.0. The molecule has 28 heavy (non-hydrogen) atoms. The number of hydrogen-bond acceptors (Lipinski definition) is 5. The summed E-state index contributed by atoms with van der Waals surface area (Å²) >= 11 is 0. The minimum Gasteiger partial charge on any atom is -0.497 e. The molecule has 1 aliphatic rings. The number of nitrogens with one attached hydrogen (secondary N) is 1. The van der Waals surface area contributed by atoms with Crippen molar-refractivity contribution in [1.82, 2.24) is 4.90 Å². The van der Waals surface area contributed by atoms with Crippen molar-refractivity contribution in [2.45, 2.75) is 6.92 Å². The molecule has 2 aromatic rings. The van der Waals surface area contributed by atoms with Gasteiger partial charge in [-0.1, -0.05) is 12.1 Å². The van der Waals surface area contributed by atoms with Gasteiger partial charge in [0.1, 0.15) is 5.75 Å². The molecule has 1 N–H and O–H groups in total. The molecule has 3 rings (SSSR count). The van der Waals surface area contributed by atoms with E-state index in [1.165, 1.54) is 6.92 Å². The molecule has 0 bridgehead atoms. The largest absolute Gasteiger partial charge is 0.497 e. The molecule has 0 radical (unpaired) electrons. The van der Waals surface area contributed by atoms with Crippen LogP contribution in [0.3, 0.4) is 0 Å². The second-order valence-corrected chi connectivity index (χ2v) is 6.57. The number of benzene rings is 2. The lowest BCUT2D eigenvalue weighted by Crippen LogP contribution is -2.51. The molecule has 0 unspecified atom stereocenters. The Morgan fingerprint density at radius 1 is 0.964 bits per heavy atom. The number of hydrogen-bond donors (Lipinski definition) is 1. The van der Waals surface area contributed by atoms with Gasteiger partial charge in [0, 0.05) is 43.1 Å². The van der Waals surface area contributed by atoms with E-state index in [1.807, 2.05) is 24.3 Å². The van der Waals surface area contributed by atoms with Crippen molar-refractivity contribution in [3.05, 3.63) is 54.1 Å². The van der Waals surface area contributed by atoms with Gasteiger partial charge in [-0.05, 0) is 43.3 Å². The molecule has 1 heterocycles. The van der Waals surface area contributed by atoms with Crippen LogP contribution in [0, 0.1) is 0 Å². The third-order valence-electron chi connectivity index (χ3n) is 4.73. The Hall–Kier alpha value is -3.35. The van der Waals surface area contributed by atoms with Gasteiger partial charge in [0.05, 0.1) is 7.11 Å². The summed E-state index contributed by atoms with van der Waals surface area (Å²) in [5.41, 5.74) is 1.97. The van der Waals surface area contributed by atoms with Crippen LogP contribution in [-0.2, 0) is 9.59 Å². The predicted molar refractivity (Wildman–Crippen MR) is 107 cm³/mol. The van der Waals surface area contributed by atoms with Gasteiger partial charge >= 0.3 is 11.8 Å². The highest BCUT2D eigenvalue weighted by Crippen LogP contribution is 2.20. The number of Topliss-reactive ketones (excluding diaryl/α,β-unsaturated/α-hetero) is 1. The van der Waals surface area contributed by atoms with E-state index in [9.17, 15) is 14.4 Å². The first-order chi connectivity index (χ1) is 13.5. The molecule has 0 aromatic heterocycles. The third kappa shape index (κ3) is 4.49. The number of ether oxygens (including phenoxy) is 1. The number of ketones is 1. The highest BCUT2D eigenvalue weighted by Gasteiger charge is 2.26. The number of methoxy groups -OCH3 is 1. The highest BCUT2D eigenvalue weighted by atomic mass is 16.5. The quantitative estimate of drug-likeness (QED) is 0.649. The first-order valence-corrected chi connectivity index (χ1v) is 9.08. The maximum absolute atomic E-state index is 12.5. The van der Waals surface area contributed by atoms with Crippen LogP contribution in [-0.4, -0.2) is 55.8 Å². The molecule has 1 fully saturated rings. The van der Waals surface area contributed by atoms with Gasteiger partial charge in [-0.2, -0.15) is 0 Å². The van der Waals surface area contributed by atoms with E-state index in [2.05, 4.69) is 10.2 Å². The van der Waals surface area contributed by atoms with Crippen molar-refractivity contribution in [1.29, 1.82) is 0 Å². The summed E-state index contributed by atoms with van der Waals surface area (Å²) < 4.78 is 5.17. The lowest BCUT2D eigenvalue weighted by atomic mass is 10.1. The first-order valence-electron chi connectivity index (χ1n) is 9.08. The lowest BCUT2D eigenvalue weighted by Gasteiger charge is -2.35. The Labute approximate surface area is 163 Å². The maximum Gasteiger partial charge on any atom is 0.313 e. The number of carbonyl (C=O) groups excluding carboxylic acids is 3. The molecule has 0 aliphatic carbocycles. The van der Waals surface area contributed by atoms with Gasteiger partial charge in [-0.15, -0.1) is 0 Å². The number of rotatable bonds is 4. The third-order valence-corrected chi connectivity index (χ3v) is 4.73. The van der Waals surface area contributed by atoms with Crippen molar-refractivity contribution < 1.29 is 19.1 Å². The molecule has 1 aliphatic heterocycles. The highest BCUT2D eigenvalue weighted by molar-refractivity contribution is 6.39. The van der Waals surface area contributed by atoms with E-state index in [0.717, 1.165) is 11.4 Å². The zero-order valence-corrected chi connectivity index (χ0v) is 16.0. The minimum atomic E-state index is -0.696. The van der Waals surface area contributed by atoms with Crippen LogP contribution >= 0.6 is 0 Å². The minimum absolute atomic E-state index is 0.0999. The summed E-state index contributed by atoms with van der Waals surface area (Å²) in [6.07, 6.45) is 0. The second kappa shape index (κ2) is 8.56. The van der Waals surface area contributed by atoms with Crippen LogP contribution in [0.5, 0.6) is 5.75 Å². The van der Waals surface area contributed by atoms with Crippen molar-refractivity contribution in [2.75, 3.05) is 43.5 Å². The van der Waals surface area contributed by atoms with Crippen LogP contribution in [0.25, 0.3) is 0 Å². The number of anilines is 2. The molecule has 2 aromatic carbocycles. The van der Waals surface area contributed by atoms with Crippen LogP contribution in [0.4, 0.5) is 11.4 Å². The van der Waals surface area contributed by atoms with Gasteiger partial charge in [0.25, 0.3) is 0 Å². The summed E-state index contributed by atoms with van der Waals surface area (Å²) in [5, 5.41) is 2.58. The average molecular weight is 381 g/mol. The fourth-order valence-electron chi connectivity index (χ4n) is 3.10. The predicted octanol–water partition coefficient (Wildman–Crippen LogP) is 2.19. The maximum atomic E-state index is 12.5. The number of carbonyl (C=O) groups is 3. The molecule has 0 spiro atoms. The van der Waals surface area contributed by atoms with Crippen LogP contribution in [0.2, 0.25) is 0 Å². The zero-order chi connectivity index (χ0) is 20.1. The van der Waals surface area contributed by atoms with Crippen LogP contribution in [0.1, 0.15) is 17.3 Å². The van der Waals surface area contributed by atoms with E-state index < -0.39 is 11.8 Å². The summed E-state index contributed by atoms with van der Waals surface area (Å²) in [7, 11) is 1.63. The van der Waals surface area contributed by atoms with E-state index in [1.54, 1.807) is 36.3 Å². The van der Waals surface area contributed by atoms with E-state index in [-0.39, 0.29) is 5.78 Å². The van der Waals surface area contributed by atoms with Gasteiger partial charge in [-0.25, -0.2) is 0 Å². The topological polar surface area (TPSA) is 79.0 Å². The number of amides is 2. The van der Waals surface area contributed by atoms with Gasteiger partial charge in [0.2, 0.25) is 0 Å². The monoisotopic (exact) mass is 381 g/mol. The van der Waals surface area contributed by atoms with Crippen LogP contribution in [0.15, 0.2) is 48.5 Å². The lowest BCUT2D eigenvalue weighted by molar-refractivity contribution is -0.143. The average Bonchev–Trinajstić information content (AvgIpc) is 2.73. The normalized spacial score (nSPS) is 13.8. The molecule has 1 saturated heterocycles. The molecule has 7 nitrogen and oxygen atoms in total. The molecular formula is C21H23N3O4. The Morgan fingerprint density at radius 2 is 1.64 bits per heavy atom.